The van der Waals surface area contributed by atoms with Crippen LogP contribution in [0.2, 0.25) is 0 Å². The molecular weight excluding hydrogens is 242 g/mol. The molecule has 1 aromatic carbocycles. The molecule has 2 rings (SSSR count). The van der Waals surface area contributed by atoms with Gasteiger partial charge in [0.2, 0.25) is 0 Å². The van der Waals surface area contributed by atoms with Gasteiger partial charge in [-0.3, -0.25) is 4.79 Å². The molecule has 19 heavy (non-hydrogen) atoms. The summed E-state index contributed by atoms with van der Waals surface area (Å²) >= 11 is 0. The van der Waals surface area contributed by atoms with E-state index in [0.717, 1.165) is 19.3 Å². The van der Waals surface area contributed by atoms with E-state index in [1.165, 1.54) is 25.9 Å². The van der Waals surface area contributed by atoms with E-state index in [2.05, 4.69) is 4.90 Å². The molecule has 1 heterocycles. The Balaban J connectivity index is 1.81. The predicted octanol–water partition coefficient (Wildman–Crippen LogP) is 2.37. The molecule has 4 nitrogen and oxygen atoms in total. The van der Waals surface area contributed by atoms with Gasteiger partial charge in [0.1, 0.15) is 6.29 Å². The average molecular weight is 263 g/mol. The molecule has 1 aliphatic heterocycles. The fourth-order valence-electron chi connectivity index (χ4n) is 2.36. The number of likely N-dealkylation sites (tertiary alicyclic amines) is 1. The molecule has 0 bridgehead atoms. The molecule has 0 spiro atoms. The Morgan fingerprint density at radius 3 is 2.74 bits per heavy atom. The fraction of sp³-hybridized carbons (Fsp3) is 0.533. The molecule has 0 radical (unpaired) electrons. The van der Waals surface area contributed by atoms with E-state index < -0.39 is 0 Å². The quantitative estimate of drug-likeness (QED) is 0.559. The van der Waals surface area contributed by atoms with Gasteiger partial charge in [0, 0.05) is 12.1 Å². The van der Waals surface area contributed by atoms with E-state index in [4.69, 9.17) is 9.47 Å². The van der Waals surface area contributed by atoms with Gasteiger partial charge in [-0.2, -0.15) is 0 Å². The van der Waals surface area contributed by atoms with Gasteiger partial charge < -0.3 is 14.4 Å². The van der Waals surface area contributed by atoms with Crippen LogP contribution in [0.5, 0.6) is 11.5 Å². The topological polar surface area (TPSA) is 38.8 Å². The highest BCUT2D eigenvalue weighted by atomic mass is 16.5. The van der Waals surface area contributed by atoms with Gasteiger partial charge in [-0.05, 0) is 50.6 Å². The average Bonchev–Trinajstić information content (AvgIpc) is 2.96. The predicted molar refractivity (Wildman–Crippen MR) is 74.2 cm³/mol. The Hall–Kier alpha value is -1.55. The Labute approximate surface area is 114 Å². The van der Waals surface area contributed by atoms with Gasteiger partial charge in [0.05, 0.1) is 13.7 Å². The van der Waals surface area contributed by atoms with Crippen molar-refractivity contribution in [2.24, 2.45) is 0 Å². The standard InChI is InChI=1S/C15H21NO3/c1-18-14-6-5-13(12-17)11-15(14)19-10-4-9-16-7-2-3-8-16/h5-6,11-12H,2-4,7-10H2,1H3. The molecule has 0 aliphatic carbocycles. The third-order valence-electron chi connectivity index (χ3n) is 3.40. The van der Waals surface area contributed by atoms with Crippen LogP contribution in [0.4, 0.5) is 0 Å². The number of carbonyl (C=O) groups is 1. The summed E-state index contributed by atoms with van der Waals surface area (Å²) < 4.78 is 10.9. The monoisotopic (exact) mass is 263 g/mol. The molecule has 1 aromatic rings. The first-order valence-corrected chi connectivity index (χ1v) is 6.82. The molecule has 1 fully saturated rings. The second kappa shape index (κ2) is 7.14. The normalized spacial score (nSPS) is 15.4. The first-order valence-electron chi connectivity index (χ1n) is 6.82. The number of rotatable bonds is 7. The third kappa shape index (κ3) is 3.96. The second-order valence-electron chi connectivity index (χ2n) is 4.78. The van der Waals surface area contributed by atoms with Gasteiger partial charge in [-0.1, -0.05) is 0 Å². The Kier molecular flexibility index (Phi) is 5.21. The number of methoxy groups -OCH3 is 1. The van der Waals surface area contributed by atoms with E-state index in [9.17, 15) is 4.79 Å². The van der Waals surface area contributed by atoms with E-state index in [1.807, 2.05) is 0 Å². The van der Waals surface area contributed by atoms with Crippen LogP contribution in [-0.4, -0.2) is 44.5 Å². The molecule has 0 N–H and O–H groups in total. The molecule has 0 unspecified atom stereocenters. The summed E-state index contributed by atoms with van der Waals surface area (Å²) in [6.45, 7) is 4.15. The summed E-state index contributed by atoms with van der Waals surface area (Å²) in [5, 5.41) is 0. The number of benzene rings is 1. The van der Waals surface area contributed by atoms with Crippen LogP contribution in [-0.2, 0) is 0 Å². The largest absolute Gasteiger partial charge is 0.493 e. The summed E-state index contributed by atoms with van der Waals surface area (Å²) in [5.74, 6) is 1.32. The number of ether oxygens (including phenoxy) is 2. The van der Waals surface area contributed by atoms with Crippen LogP contribution >= 0.6 is 0 Å². The summed E-state index contributed by atoms with van der Waals surface area (Å²) in [4.78, 5) is 13.2. The smallest absolute Gasteiger partial charge is 0.161 e. The Bertz CT molecular complexity index is 414. The van der Waals surface area contributed by atoms with E-state index in [1.54, 1.807) is 25.3 Å². The molecule has 1 saturated heterocycles. The highest BCUT2D eigenvalue weighted by molar-refractivity contribution is 5.76. The number of nitrogens with zero attached hydrogens (tertiary/aromatic N) is 1. The first-order chi connectivity index (χ1) is 9.33. The van der Waals surface area contributed by atoms with Gasteiger partial charge >= 0.3 is 0 Å². The molecular formula is C15H21NO3. The third-order valence-corrected chi connectivity index (χ3v) is 3.40. The molecule has 0 aromatic heterocycles. The van der Waals surface area contributed by atoms with Crippen LogP contribution < -0.4 is 9.47 Å². The van der Waals surface area contributed by atoms with Crippen LogP contribution in [0.15, 0.2) is 18.2 Å². The lowest BCUT2D eigenvalue weighted by Crippen LogP contribution is -2.21. The maximum absolute atomic E-state index is 10.8. The van der Waals surface area contributed by atoms with Crippen molar-refractivity contribution in [3.63, 3.8) is 0 Å². The zero-order chi connectivity index (χ0) is 13.5. The van der Waals surface area contributed by atoms with Gasteiger partial charge in [-0.15, -0.1) is 0 Å². The molecule has 0 amide bonds. The first kappa shape index (κ1) is 13.9. The lowest BCUT2D eigenvalue weighted by molar-refractivity contribution is 0.112. The van der Waals surface area contributed by atoms with E-state index in [0.29, 0.717) is 23.7 Å². The van der Waals surface area contributed by atoms with Crippen molar-refractivity contribution in [3.8, 4) is 11.5 Å². The SMILES string of the molecule is COc1ccc(C=O)cc1OCCCN1CCCC1. The Morgan fingerprint density at radius 2 is 2.05 bits per heavy atom. The number of hydrogen-bond acceptors (Lipinski definition) is 4. The lowest BCUT2D eigenvalue weighted by atomic mass is 10.2. The minimum Gasteiger partial charge on any atom is -0.493 e. The van der Waals surface area contributed by atoms with Gasteiger partial charge in [0.25, 0.3) is 0 Å². The molecule has 104 valence electrons. The van der Waals surface area contributed by atoms with Crippen molar-refractivity contribution < 1.29 is 14.3 Å². The minimum atomic E-state index is 0.607. The van der Waals surface area contributed by atoms with Crippen molar-refractivity contribution in [2.45, 2.75) is 19.3 Å². The molecule has 1 aliphatic rings. The number of hydrogen-bond donors (Lipinski definition) is 0. The highest BCUT2D eigenvalue weighted by Gasteiger charge is 2.11. The lowest BCUT2D eigenvalue weighted by Gasteiger charge is -2.15. The molecule has 0 saturated carbocycles. The zero-order valence-electron chi connectivity index (χ0n) is 11.4. The Morgan fingerprint density at radius 1 is 1.26 bits per heavy atom. The van der Waals surface area contributed by atoms with Crippen molar-refractivity contribution in [1.29, 1.82) is 0 Å². The molecule has 0 atom stereocenters. The van der Waals surface area contributed by atoms with E-state index >= 15 is 0 Å². The van der Waals surface area contributed by atoms with Crippen LogP contribution in [0.1, 0.15) is 29.6 Å². The summed E-state index contributed by atoms with van der Waals surface area (Å²) in [6.07, 6.45) is 4.44. The zero-order valence-corrected chi connectivity index (χ0v) is 11.4. The van der Waals surface area contributed by atoms with Crippen LogP contribution in [0.25, 0.3) is 0 Å². The molecule has 4 heteroatoms. The van der Waals surface area contributed by atoms with Crippen molar-refractivity contribution in [2.75, 3.05) is 33.4 Å². The van der Waals surface area contributed by atoms with Crippen LogP contribution in [0, 0.1) is 0 Å². The van der Waals surface area contributed by atoms with Crippen LogP contribution in [0.3, 0.4) is 0 Å². The minimum absolute atomic E-state index is 0.607. The maximum atomic E-state index is 10.8. The van der Waals surface area contributed by atoms with Gasteiger partial charge in [-0.25, -0.2) is 0 Å². The van der Waals surface area contributed by atoms with Crippen molar-refractivity contribution in [3.05, 3.63) is 23.8 Å². The summed E-state index contributed by atoms with van der Waals surface area (Å²) in [7, 11) is 1.60. The van der Waals surface area contributed by atoms with Gasteiger partial charge in [0.15, 0.2) is 11.5 Å². The second-order valence-corrected chi connectivity index (χ2v) is 4.78. The van der Waals surface area contributed by atoms with Crippen molar-refractivity contribution >= 4 is 6.29 Å². The fourth-order valence-corrected chi connectivity index (χ4v) is 2.36. The number of carbonyl (C=O) groups excluding carboxylic acids is 1. The van der Waals surface area contributed by atoms with Crippen molar-refractivity contribution in [1.82, 2.24) is 4.90 Å². The maximum Gasteiger partial charge on any atom is 0.161 e. The van der Waals surface area contributed by atoms with E-state index in [-0.39, 0.29) is 0 Å². The summed E-state index contributed by atoms with van der Waals surface area (Å²) in [5.41, 5.74) is 0.607. The summed E-state index contributed by atoms with van der Waals surface area (Å²) in [6, 6.07) is 5.21. The number of aldehydes is 1. The highest BCUT2D eigenvalue weighted by Crippen LogP contribution is 2.27.